The highest BCUT2D eigenvalue weighted by Gasteiger charge is 2.31. The summed E-state index contributed by atoms with van der Waals surface area (Å²) in [6.07, 6.45) is 4.17. The molecule has 1 amide bonds. The summed E-state index contributed by atoms with van der Waals surface area (Å²) in [5, 5.41) is 16.8. The first-order valence-electron chi connectivity index (χ1n) is 5.68. The van der Waals surface area contributed by atoms with Gasteiger partial charge >= 0.3 is 0 Å². The van der Waals surface area contributed by atoms with Gasteiger partial charge in [-0.2, -0.15) is 11.3 Å². The molecule has 2 rings (SSSR count). The van der Waals surface area contributed by atoms with Crippen molar-refractivity contribution >= 4 is 17.2 Å². The third kappa shape index (κ3) is 3.06. The molecule has 2 N–H and O–H groups in total. The fourth-order valence-electron chi connectivity index (χ4n) is 2.11. The number of rotatable bonds is 4. The van der Waals surface area contributed by atoms with Crippen molar-refractivity contribution in [2.24, 2.45) is 0 Å². The van der Waals surface area contributed by atoms with Gasteiger partial charge in [-0.15, -0.1) is 0 Å². The number of carbonyl (C=O) groups is 1. The van der Waals surface area contributed by atoms with Gasteiger partial charge in [0.2, 0.25) is 5.91 Å². The third-order valence-electron chi connectivity index (χ3n) is 3.09. The van der Waals surface area contributed by atoms with Crippen molar-refractivity contribution in [2.45, 2.75) is 37.7 Å². The minimum absolute atomic E-state index is 0.00118. The molecule has 0 bridgehead atoms. The molecule has 1 aliphatic rings. The van der Waals surface area contributed by atoms with Gasteiger partial charge in [0.05, 0.1) is 12.0 Å². The van der Waals surface area contributed by atoms with Crippen molar-refractivity contribution < 1.29 is 9.90 Å². The average Bonchev–Trinajstić information content (AvgIpc) is 2.88. The molecule has 1 aliphatic carbocycles. The van der Waals surface area contributed by atoms with Gasteiger partial charge in [0.1, 0.15) is 0 Å². The number of hydrogen-bond donors (Lipinski definition) is 2. The summed E-state index contributed by atoms with van der Waals surface area (Å²) in [5.74, 6) is -0.00118. The summed E-state index contributed by atoms with van der Waals surface area (Å²) in [4.78, 5) is 11.6. The van der Waals surface area contributed by atoms with E-state index in [1.165, 1.54) is 0 Å². The van der Waals surface area contributed by atoms with Gasteiger partial charge in [0.15, 0.2) is 0 Å². The highest BCUT2D eigenvalue weighted by molar-refractivity contribution is 7.07. The number of aliphatic hydroxyl groups is 1. The lowest BCUT2D eigenvalue weighted by molar-refractivity contribution is -0.121. The predicted molar refractivity (Wildman–Crippen MR) is 64.5 cm³/mol. The molecule has 0 aliphatic heterocycles. The summed E-state index contributed by atoms with van der Waals surface area (Å²) < 4.78 is 0. The molecule has 1 saturated carbocycles. The van der Waals surface area contributed by atoms with Gasteiger partial charge in [-0.05, 0) is 35.2 Å². The molecule has 88 valence electrons. The van der Waals surface area contributed by atoms with Crippen molar-refractivity contribution in [2.75, 3.05) is 6.54 Å². The van der Waals surface area contributed by atoms with E-state index in [0.717, 1.165) is 31.2 Å². The summed E-state index contributed by atoms with van der Waals surface area (Å²) >= 11 is 1.59. The van der Waals surface area contributed by atoms with Crippen LogP contribution in [0.15, 0.2) is 16.8 Å². The molecule has 16 heavy (non-hydrogen) atoms. The number of hydrogen-bond acceptors (Lipinski definition) is 3. The highest BCUT2D eigenvalue weighted by Crippen LogP contribution is 2.28. The van der Waals surface area contributed by atoms with Crippen LogP contribution in [0.2, 0.25) is 0 Å². The predicted octanol–water partition coefficient (Wildman–Crippen LogP) is 1.71. The van der Waals surface area contributed by atoms with Crippen molar-refractivity contribution in [3.63, 3.8) is 0 Å². The Bertz CT molecular complexity index is 342. The zero-order valence-corrected chi connectivity index (χ0v) is 10.1. The first-order valence-corrected chi connectivity index (χ1v) is 6.62. The number of thiophene rings is 1. The maximum absolute atomic E-state index is 11.6. The summed E-state index contributed by atoms with van der Waals surface area (Å²) in [6.45, 7) is 0.399. The lowest BCUT2D eigenvalue weighted by Crippen LogP contribution is -2.41. The van der Waals surface area contributed by atoms with Crippen LogP contribution >= 0.6 is 11.3 Å². The molecular weight excluding hydrogens is 222 g/mol. The Labute approximate surface area is 99.5 Å². The first-order chi connectivity index (χ1) is 7.68. The molecule has 4 heteroatoms. The summed E-state index contributed by atoms with van der Waals surface area (Å²) in [6, 6.07) is 1.95. The van der Waals surface area contributed by atoms with Crippen LogP contribution in [-0.4, -0.2) is 23.2 Å². The van der Waals surface area contributed by atoms with E-state index in [-0.39, 0.29) is 5.91 Å². The van der Waals surface area contributed by atoms with Gasteiger partial charge in [-0.3, -0.25) is 4.79 Å². The maximum Gasteiger partial charge on any atom is 0.224 e. The standard InChI is InChI=1S/C12H17NO2S/c14-11(7-10-3-6-16-8-10)13-9-12(15)4-1-2-5-12/h3,6,8,15H,1-2,4-5,7,9H2,(H,13,14). The van der Waals surface area contributed by atoms with Crippen LogP contribution in [0.5, 0.6) is 0 Å². The van der Waals surface area contributed by atoms with E-state index in [2.05, 4.69) is 5.32 Å². The minimum atomic E-state index is -0.649. The van der Waals surface area contributed by atoms with Crippen LogP contribution in [0, 0.1) is 0 Å². The van der Waals surface area contributed by atoms with Crippen LogP contribution in [-0.2, 0) is 11.2 Å². The van der Waals surface area contributed by atoms with E-state index in [4.69, 9.17) is 0 Å². The summed E-state index contributed by atoms with van der Waals surface area (Å²) in [5.41, 5.74) is 0.394. The monoisotopic (exact) mass is 239 g/mol. The molecule has 0 spiro atoms. The Morgan fingerprint density at radius 2 is 2.25 bits per heavy atom. The van der Waals surface area contributed by atoms with Crippen LogP contribution in [0.4, 0.5) is 0 Å². The molecule has 0 radical (unpaired) electrons. The Morgan fingerprint density at radius 3 is 2.88 bits per heavy atom. The van der Waals surface area contributed by atoms with Crippen molar-refractivity contribution in [1.82, 2.24) is 5.32 Å². The molecule has 1 heterocycles. The lowest BCUT2D eigenvalue weighted by Gasteiger charge is -2.22. The molecular formula is C12H17NO2S. The van der Waals surface area contributed by atoms with E-state index < -0.39 is 5.60 Å². The molecule has 1 aromatic heterocycles. The second kappa shape index (κ2) is 4.97. The van der Waals surface area contributed by atoms with Gasteiger partial charge in [-0.25, -0.2) is 0 Å². The van der Waals surface area contributed by atoms with E-state index in [9.17, 15) is 9.90 Å². The normalized spacial score (nSPS) is 18.6. The van der Waals surface area contributed by atoms with E-state index in [1.807, 2.05) is 16.8 Å². The largest absolute Gasteiger partial charge is 0.388 e. The zero-order chi connectivity index (χ0) is 11.4. The Morgan fingerprint density at radius 1 is 1.50 bits per heavy atom. The van der Waals surface area contributed by atoms with Crippen molar-refractivity contribution in [3.8, 4) is 0 Å². The molecule has 0 saturated heterocycles. The van der Waals surface area contributed by atoms with E-state index >= 15 is 0 Å². The number of carbonyl (C=O) groups excluding carboxylic acids is 1. The van der Waals surface area contributed by atoms with Crippen LogP contribution in [0.25, 0.3) is 0 Å². The molecule has 3 nitrogen and oxygen atoms in total. The second-order valence-electron chi connectivity index (χ2n) is 4.52. The SMILES string of the molecule is O=C(Cc1ccsc1)NCC1(O)CCCC1. The Balaban J connectivity index is 1.75. The first kappa shape index (κ1) is 11.6. The smallest absolute Gasteiger partial charge is 0.224 e. The fraction of sp³-hybridized carbons (Fsp3) is 0.583. The van der Waals surface area contributed by atoms with Crippen LogP contribution in [0.1, 0.15) is 31.2 Å². The second-order valence-corrected chi connectivity index (χ2v) is 5.30. The molecule has 0 aromatic carbocycles. The quantitative estimate of drug-likeness (QED) is 0.840. The van der Waals surface area contributed by atoms with Gasteiger partial charge in [0, 0.05) is 6.54 Å². The average molecular weight is 239 g/mol. The number of amides is 1. The number of nitrogens with one attached hydrogen (secondary N) is 1. The van der Waals surface area contributed by atoms with Crippen LogP contribution in [0.3, 0.4) is 0 Å². The summed E-state index contributed by atoms with van der Waals surface area (Å²) in [7, 11) is 0. The van der Waals surface area contributed by atoms with Crippen molar-refractivity contribution in [3.05, 3.63) is 22.4 Å². The Kier molecular flexibility index (Phi) is 3.61. The Hall–Kier alpha value is -0.870. The molecule has 1 aromatic rings. The van der Waals surface area contributed by atoms with Crippen LogP contribution < -0.4 is 5.32 Å². The van der Waals surface area contributed by atoms with Gasteiger partial charge in [0.25, 0.3) is 0 Å². The van der Waals surface area contributed by atoms with E-state index in [1.54, 1.807) is 11.3 Å². The van der Waals surface area contributed by atoms with E-state index in [0.29, 0.717) is 13.0 Å². The fourth-order valence-corrected chi connectivity index (χ4v) is 2.78. The van der Waals surface area contributed by atoms with Gasteiger partial charge in [-0.1, -0.05) is 12.8 Å². The molecule has 1 fully saturated rings. The van der Waals surface area contributed by atoms with Gasteiger partial charge < -0.3 is 10.4 Å². The van der Waals surface area contributed by atoms with Crippen molar-refractivity contribution in [1.29, 1.82) is 0 Å². The topological polar surface area (TPSA) is 49.3 Å². The minimum Gasteiger partial charge on any atom is -0.388 e. The highest BCUT2D eigenvalue weighted by atomic mass is 32.1. The zero-order valence-electron chi connectivity index (χ0n) is 9.24. The third-order valence-corrected chi connectivity index (χ3v) is 3.83. The molecule has 0 unspecified atom stereocenters. The molecule has 0 atom stereocenters. The maximum atomic E-state index is 11.6. The lowest BCUT2D eigenvalue weighted by atomic mass is 10.0.